The summed E-state index contributed by atoms with van der Waals surface area (Å²) in [5.41, 5.74) is 5.11. The summed E-state index contributed by atoms with van der Waals surface area (Å²) in [5.74, 6) is 0.0607. The van der Waals surface area contributed by atoms with E-state index >= 15 is 0 Å². The lowest BCUT2D eigenvalue weighted by molar-refractivity contribution is -0.128. The van der Waals surface area contributed by atoms with Crippen LogP contribution in [0.2, 0.25) is 0 Å². The molecule has 6 heteroatoms. The fourth-order valence-corrected chi connectivity index (χ4v) is 2.59. The van der Waals surface area contributed by atoms with Crippen molar-refractivity contribution in [3.8, 4) is 0 Å². The van der Waals surface area contributed by atoms with Crippen LogP contribution < -0.4 is 10.7 Å². The van der Waals surface area contributed by atoms with Crippen LogP contribution in [0.25, 0.3) is 0 Å². The van der Waals surface area contributed by atoms with Gasteiger partial charge in [-0.15, -0.1) is 0 Å². The minimum absolute atomic E-state index is 0.0607. The number of fused-ring (bicyclic) bond motifs is 1. The van der Waals surface area contributed by atoms with Gasteiger partial charge in [-0.3, -0.25) is 15.5 Å². The summed E-state index contributed by atoms with van der Waals surface area (Å²) in [6, 6.07) is -0.164. The van der Waals surface area contributed by atoms with Crippen LogP contribution in [0.1, 0.15) is 30.7 Å². The van der Waals surface area contributed by atoms with Gasteiger partial charge in [0.1, 0.15) is 0 Å². The molecule has 0 bridgehead atoms. The SMILES string of the molecule is O=C(NN1CCCCC1)C1Cc2nc[nH]c2CN1. The Hall–Kier alpha value is -1.40. The normalized spacial score (nSPS) is 24.6. The molecule has 6 nitrogen and oxygen atoms in total. The van der Waals surface area contributed by atoms with Gasteiger partial charge in [0.2, 0.25) is 0 Å². The van der Waals surface area contributed by atoms with Gasteiger partial charge in [-0.1, -0.05) is 6.42 Å². The smallest absolute Gasteiger partial charge is 0.251 e. The lowest BCUT2D eigenvalue weighted by atomic mass is 10.1. The first kappa shape index (κ1) is 11.7. The third-order valence-corrected chi connectivity index (χ3v) is 3.67. The van der Waals surface area contributed by atoms with Gasteiger partial charge < -0.3 is 4.98 Å². The molecule has 18 heavy (non-hydrogen) atoms. The molecule has 1 aromatic heterocycles. The standard InChI is InChI=1S/C12H19N5O/c18-12(16-17-4-2-1-3-5-17)10-6-9-11(7-13-10)15-8-14-9/h8,10,13H,1-7H2,(H,14,15)(H,16,18). The number of aromatic amines is 1. The lowest BCUT2D eigenvalue weighted by Crippen LogP contribution is -2.54. The number of H-pyrrole nitrogens is 1. The van der Waals surface area contributed by atoms with Crippen molar-refractivity contribution in [3.05, 3.63) is 17.7 Å². The van der Waals surface area contributed by atoms with E-state index in [1.165, 1.54) is 19.3 Å². The van der Waals surface area contributed by atoms with E-state index in [0.717, 1.165) is 24.5 Å². The molecule has 1 unspecified atom stereocenters. The monoisotopic (exact) mass is 249 g/mol. The summed E-state index contributed by atoms with van der Waals surface area (Å²) < 4.78 is 0. The summed E-state index contributed by atoms with van der Waals surface area (Å²) >= 11 is 0. The molecule has 3 N–H and O–H groups in total. The van der Waals surface area contributed by atoms with Crippen LogP contribution in [-0.2, 0) is 17.8 Å². The van der Waals surface area contributed by atoms with Crippen molar-refractivity contribution < 1.29 is 4.79 Å². The number of imidazole rings is 1. The van der Waals surface area contributed by atoms with Crippen LogP contribution in [0.5, 0.6) is 0 Å². The number of amides is 1. The highest BCUT2D eigenvalue weighted by molar-refractivity contribution is 5.81. The first-order valence-electron chi connectivity index (χ1n) is 6.63. The van der Waals surface area contributed by atoms with Gasteiger partial charge in [-0.2, -0.15) is 0 Å². The van der Waals surface area contributed by atoms with Crippen molar-refractivity contribution >= 4 is 5.91 Å². The maximum Gasteiger partial charge on any atom is 0.251 e. The van der Waals surface area contributed by atoms with E-state index in [0.29, 0.717) is 13.0 Å². The Kier molecular flexibility index (Phi) is 3.29. The number of nitrogens with one attached hydrogen (secondary N) is 3. The predicted molar refractivity (Wildman–Crippen MR) is 66.5 cm³/mol. The minimum Gasteiger partial charge on any atom is -0.347 e. The summed E-state index contributed by atoms with van der Waals surface area (Å²) in [5, 5.41) is 5.28. The molecule has 1 atom stereocenters. The molecule has 2 aliphatic heterocycles. The fraction of sp³-hybridized carbons (Fsp3) is 0.667. The van der Waals surface area contributed by atoms with Crippen molar-refractivity contribution in [2.24, 2.45) is 0 Å². The zero-order valence-corrected chi connectivity index (χ0v) is 10.4. The molecule has 0 aromatic carbocycles. The summed E-state index contributed by atoms with van der Waals surface area (Å²) in [4.78, 5) is 19.5. The highest BCUT2D eigenvalue weighted by Gasteiger charge is 2.27. The Bertz CT molecular complexity index is 424. The van der Waals surface area contributed by atoms with Gasteiger partial charge in [-0.25, -0.2) is 9.99 Å². The van der Waals surface area contributed by atoms with Crippen LogP contribution in [0, 0.1) is 0 Å². The van der Waals surface area contributed by atoms with E-state index in [9.17, 15) is 4.79 Å². The molecule has 1 aromatic rings. The van der Waals surface area contributed by atoms with E-state index in [1.54, 1.807) is 6.33 Å². The number of hydrogen-bond donors (Lipinski definition) is 3. The molecule has 2 aliphatic rings. The second kappa shape index (κ2) is 5.07. The highest BCUT2D eigenvalue weighted by Crippen LogP contribution is 2.12. The van der Waals surface area contributed by atoms with E-state index in [-0.39, 0.29) is 11.9 Å². The number of hydrogen-bond acceptors (Lipinski definition) is 4. The fourth-order valence-electron chi connectivity index (χ4n) is 2.59. The number of aromatic nitrogens is 2. The van der Waals surface area contributed by atoms with Gasteiger partial charge in [0, 0.05) is 26.1 Å². The van der Waals surface area contributed by atoms with Gasteiger partial charge >= 0.3 is 0 Å². The van der Waals surface area contributed by atoms with Crippen LogP contribution in [0.15, 0.2) is 6.33 Å². The van der Waals surface area contributed by atoms with Crippen LogP contribution >= 0.6 is 0 Å². The van der Waals surface area contributed by atoms with Crippen molar-refractivity contribution in [2.45, 2.75) is 38.3 Å². The molecule has 98 valence electrons. The van der Waals surface area contributed by atoms with Crippen LogP contribution in [0.4, 0.5) is 0 Å². The van der Waals surface area contributed by atoms with E-state index < -0.39 is 0 Å². The van der Waals surface area contributed by atoms with E-state index in [2.05, 4.69) is 20.7 Å². The molecule has 3 rings (SSSR count). The second-order valence-corrected chi connectivity index (χ2v) is 4.99. The third kappa shape index (κ3) is 2.39. The lowest BCUT2D eigenvalue weighted by Gasteiger charge is -2.30. The van der Waals surface area contributed by atoms with Crippen LogP contribution in [0.3, 0.4) is 0 Å². The molecular formula is C12H19N5O. The molecule has 0 saturated carbocycles. The van der Waals surface area contributed by atoms with Crippen molar-refractivity contribution in [1.82, 2.24) is 25.7 Å². The number of hydrazine groups is 1. The maximum atomic E-state index is 12.1. The largest absolute Gasteiger partial charge is 0.347 e. The number of nitrogens with zero attached hydrogens (tertiary/aromatic N) is 2. The van der Waals surface area contributed by atoms with Crippen LogP contribution in [-0.4, -0.2) is 40.0 Å². The van der Waals surface area contributed by atoms with Gasteiger partial charge in [-0.05, 0) is 12.8 Å². The zero-order valence-electron chi connectivity index (χ0n) is 10.4. The maximum absolute atomic E-state index is 12.1. The number of carbonyl (C=O) groups excluding carboxylic acids is 1. The molecule has 3 heterocycles. The topological polar surface area (TPSA) is 73.0 Å². The average molecular weight is 249 g/mol. The van der Waals surface area contributed by atoms with Gasteiger partial charge in [0.15, 0.2) is 0 Å². The van der Waals surface area contributed by atoms with Gasteiger partial charge in [0.25, 0.3) is 5.91 Å². The summed E-state index contributed by atoms with van der Waals surface area (Å²) in [6.45, 7) is 2.62. The van der Waals surface area contributed by atoms with Gasteiger partial charge in [0.05, 0.1) is 23.8 Å². The predicted octanol–water partition coefficient (Wildman–Crippen LogP) is -0.0589. The van der Waals surface area contributed by atoms with Crippen molar-refractivity contribution in [2.75, 3.05) is 13.1 Å². The molecule has 0 radical (unpaired) electrons. The third-order valence-electron chi connectivity index (χ3n) is 3.67. The molecule has 1 amide bonds. The van der Waals surface area contributed by atoms with E-state index in [1.807, 2.05) is 5.01 Å². The Morgan fingerprint density at radius 1 is 1.39 bits per heavy atom. The van der Waals surface area contributed by atoms with E-state index in [4.69, 9.17) is 0 Å². The minimum atomic E-state index is -0.164. The van der Waals surface area contributed by atoms with Crippen molar-refractivity contribution in [3.63, 3.8) is 0 Å². The molecular weight excluding hydrogens is 230 g/mol. The summed E-state index contributed by atoms with van der Waals surface area (Å²) in [6.07, 6.45) is 5.96. The first-order valence-corrected chi connectivity index (χ1v) is 6.63. The molecule has 0 spiro atoms. The number of rotatable bonds is 2. The second-order valence-electron chi connectivity index (χ2n) is 4.99. The average Bonchev–Trinajstić information content (AvgIpc) is 2.87. The Balaban J connectivity index is 1.57. The number of piperidine rings is 1. The Morgan fingerprint density at radius 2 is 2.22 bits per heavy atom. The first-order chi connectivity index (χ1) is 8.83. The van der Waals surface area contributed by atoms with Crippen molar-refractivity contribution in [1.29, 1.82) is 0 Å². The summed E-state index contributed by atoms with van der Waals surface area (Å²) in [7, 11) is 0. The zero-order chi connectivity index (χ0) is 12.4. The highest BCUT2D eigenvalue weighted by atomic mass is 16.2. The Labute approximate surface area is 106 Å². The molecule has 0 aliphatic carbocycles. The Morgan fingerprint density at radius 3 is 3.06 bits per heavy atom. The number of carbonyl (C=O) groups is 1. The quantitative estimate of drug-likeness (QED) is 0.686. The molecule has 1 saturated heterocycles. The molecule has 1 fully saturated rings.